The Morgan fingerprint density at radius 2 is 1.36 bits per heavy atom. The minimum atomic E-state index is -0.0548. The van der Waals surface area contributed by atoms with E-state index in [0.717, 1.165) is 11.4 Å². The van der Waals surface area contributed by atoms with Gasteiger partial charge >= 0.3 is 29.6 Å². The summed E-state index contributed by atoms with van der Waals surface area (Å²) < 4.78 is 0. The fourth-order valence-electron chi connectivity index (χ4n) is 1.69. The fraction of sp³-hybridized carbons (Fsp3) is 0. The van der Waals surface area contributed by atoms with Crippen molar-refractivity contribution in [2.45, 2.75) is 0 Å². The van der Waals surface area contributed by atoms with E-state index in [4.69, 9.17) is 33.4 Å². The van der Waals surface area contributed by atoms with E-state index in [9.17, 15) is 4.79 Å². The molecule has 0 saturated carbocycles. The van der Waals surface area contributed by atoms with Crippen molar-refractivity contribution in [3.05, 3.63) is 76.8 Å². The molecule has 3 rings (SSSR count). The van der Waals surface area contributed by atoms with Crippen LogP contribution in [0.1, 0.15) is 1.43 Å². The van der Waals surface area contributed by atoms with Crippen LogP contribution in [-0.2, 0) is 4.79 Å². The Labute approximate surface area is 178 Å². The van der Waals surface area contributed by atoms with Crippen molar-refractivity contribution in [2.24, 2.45) is 4.99 Å². The third-order valence-corrected chi connectivity index (χ3v) is 3.49. The molecule has 0 amide bonds. The molecule has 2 aromatic rings. The van der Waals surface area contributed by atoms with Crippen LogP contribution in [0.3, 0.4) is 0 Å². The number of hydrogen-bond donors (Lipinski definition) is 2. The van der Waals surface area contributed by atoms with Crippen molar-refractivity contribution >= 4 is 40.4 Å². The first kappa shape index (κ1) is 21.5. The Bertz CT molecular complexity index is 799. The fourth-order valence-corrected chi connectivity index (χ4v) is 2.08. The van der Waals surface area contributed by atoms with E-state index in [2.05, 4.69) is 4.99 Å². The van der Waals surface area contributed by atoms with E-state index >= 15 is 0 Å². The van der Waals surface area contributed by atoms with E-state index in [0.29, 0.717) is 0 Å². The third kappa shape index (κ3) is 7.06. The topological polar surface area (TPSA) is 69.9 Å². The Morgan fingerprint density at radius 3 is 1.84 bits per heavy atom. The van der Waals surface area contributed by atoms with E-state index in [1.165, 1.54) is 12.2 Å². The van der Waals surface area contributed by atoms with Gasteiger partial charge in [0.1, 0.15) is 5.75 Å². The number of benzene rings is 2. The third-order valence-electron chi connectivity index (χ3n) is 2.88. The largest absolute Gasteiger partial charge is 1.00 e. The smallest absolute Gasteiger partial charge is 1.00 e. The maximum atomic E-state index is 10.8. The molecule has 25 heavy (non-hydrogen) atoms. The summed E-state index contributed by atoms with van der Waals surface area (Å²) in [5.41, 5.74) is 1.46. The van der Waals surface area contributed by atoms with E-state index in [1.807, 2.05) is 0 Å². The number of nitrogens with zero attached hydrogens (tertiary/aromatic N) is 1. The van der Waals surface area contributed by atoms with Crippen molar-refractivity contribution in [1.29, 1.82) is 0 Å². The van der Waals surface area contributed by atoms with Gasteiger partial charge in [-0.2, -0.15) is 0 Å². The first-order valence-electron chi connectivity index (χ1n) is 6.86. The normalized spacial score (nSPS) is 12.1. The summed E-state index contributed by atoms with van der Waals surface area (Å²) in [6.07, 6.45) is 6.27. The number of phenolic OH excluding ortho intramolecular Hbond substituents is 2. The van der Waals surface area contributed by atoms with Crippen LogP contribution in [0.15, 0.2) is 71.8 Å². The molecule has 0 spiro atoms. The van der Waals surface area contributed by atoms with Gasteiger partial charge < -0.3 is 11.6 Å². The minimum Gasteiger partial charge on any atom is -1.00 e. The molecule has 1 aliphatic rings. The number of carbonyl (C=O) groups excluding carboxylic acids is 1. The molecule has 0 saturated heterocycles. The SMILES string of the molecule is O=C1C=CC(=Nc2ccc(O)cc2)C=C1.Oc1c(Cl)cccc1Cl.[H-].[Na+]. The van der Waals surface area contributed by atoms with Crippen LogP contribution in [0.4, 0.5) is 5.69 Å². The molecule has 2 aromatic carbocycles. The van der Waals surface area contributed by atoms with Gasteiger partial charge in [-0.05, 0) is 60.7 Å². The molecule has 124 valence electrons. The van der Waals surface area contributed by atoms with Crippen molar-refractivity contribution in [3.63, 3.8) is 0 Å². The average Bonchev–Trinajstić information content (AvgIpc) is 2.57. The summed E-state index contributed by atoms with van der Waals surface area (Å²) in [7, 11) is 0. The summed E-state index contributed by atoms with van der Waals surface area (Å²) in [6, 6.07) is 11.4. The number of halogens is 2. The molecule has 0 aromatic heterocycles. The number of hydrogen-bond acceptors (Lipinski definition) is 4. The van der Waals surface area contributed by atoms with E-state index in [1.54, 1.807) is 54.6 Å². The van der Waals surface area contributed by atoms with Crippen molar-refractivity contribution in [2.75, 3.05) is 0 Å². The molecule has 0 heterocycles. The molecule has 0 radical (unpaired) electrons. The van der Waals surface area contributed by atoms with Gasteiger partial charge in [-0.1, -0.05) is 29.3 Å². The summed E-state index contributed by atoms with van der Waals surface area (Å²) in [6.45, 7) is 0. The predicted molar refractivity (Wildman–Crippen MR) is 97.7 cm³/mol. The molecule has 0 atom stereocenters. The van der Waals surface area contributed by atoms with Gasteiger partial charge in [-0.25, -0.2) is 4.99 Å². The van der Waals surface area contributed by atoms with Crippen molar-refractivity contribution in [3.8, 4) is 11.5 Å². The number of carbonyl (C=O) groups is 1. The summed E-state index contributed by atoms with van der Waals surface area (Å²) in [5, 5.41) is 18.6. The van der Waals surface area contributed by atoms with E-state index < -0.39 is 0 Å². The maximum Gasteiger partial charge on any atom is 1.00 e. The number of ketones is 1. The molecule has 4 nitrogen and oxygen atoms in total. The second kappa shape index (κ2) is 10.4. The summed E-state index contributed by atoms with van der Waals surface area (Å²) in [4.78, 5) is 15.1. The molecule has 2 N–H and O–H groups in total. The quantitative estimate of drug-likeness (QED) is 0.582. The summed E-state index contributed by atoms with van der Waals surface area (Å²) >= 11 is 11.0. The van der Waals surface area contributed by atoms with Crippen LogP contribution in [0, 0.1) is 0 Å². The van der Waals surface area contributed by atoms with Gasteiger partial charge in [0.25, 0.3) is 0 Å². The van der Waals surface area contributed by atoms with Gasteiger partial charge in [0.05, 0.1) is 21.4 Å². The zero-order valence-electron chi connectivity index (χ0n) is 14.4. The molecular weight excluding hydrogens is 372 g/mol. The average molecular weight is 386 g/mol. The van der Waals surface area contributed by atoms with Crippen LogP contribution >= 0.6 is 23.2 Å². The second-order valence-electron chi connectivity index (χ2n) is 4.69. The Morgan fingerprint density at radius 1 is 0.840 bits per heavy atom. The van der Waals surface area contributed by atoms with Gasteiger partial charge in [0, 0.05) is 0 Å². The molecule has 0 fully saturated rings. The van der Waals surface area contributed by atoms with Gasteiger partial charge in [-0.3, -0.25) is 4.79 Å². The predicted octanol–water partition coefficient (Wildman–Crippen LogP) is 1.98. The second-order valence-corrected chi connectivity index (χ2v) is 5.51. The minimum absolute atomic E-state index is 0. The van der Waals surface area contributed by atoms with Crippen LogP contribution in [0.25, 0.3) is 0 Å². The Hall–Kier alpha value is -1.56. The molecule has 0 aliphatic heterocycles. The number of allylic oxidation sites excluding steroid dienone is 4. The molecule has 0 bridgehead atoms. The Balaban J connectivity index is 0.000000496. The zero-order valence-corrected chi connectivity index (χ0v) is 16.9. The summed E-state index contributed by atoms with van der Waals surface area (Å²) in [5.74, 6) is 0.129. The zero-order chi connectivity index (χ0) is 17.5. The van der Waals surface area contributed by atoms with Crippen LogP contribution in [-0.4, -0.2) is 21.7 Å². The molecule has 7 heteroatoms. The first-order valence-corrected chi connectivity index (χ1v) is 7.62. The van der Waals surface area contributed by atoms with E-state index in [-0.39, 0.29) is 58.3 Å². The Kier molecular flexibility index (Phi) is 8.97. The van der Waals surface area contributed by atoms with Crippen molar-refractivity contribution in [1.82, 2.24) is 0 Å². The maximum absolute atomic E-state index is 10.8. The number of rotatable bonds is 1. The number of phenols is 2. The first-order chi connectivity index (χ1) is 11.5. The van der Waals surface area contributed by atoms with Gasteiger partial charge in [0.15, 0.2) is 11.5 Å². The van der Waals surface area contributed by atoms with Crippen LogP contribution in [0.2, 0.25) is 10.0 Å². The van der Waals surface area contributed by atoms with Crippen LogP contribution < -0.4 is 29.6 Å². The van der Waals surface area contributed by atoms with Gasteiger partial charge in [-0.15, -0.1) is 0 Å². The molecular formula is C18H14Cl2NNaO3. The van der Waals surface area contributed by atoms with Crippen LogP contribution in [0.5, 0.6) is 11.5 Å². The number of aliphatic imine (C=N–C) groups is 1. The van der Waals surface area contributed by atoms with Crippen molar-refractivity contribution < 1.29 is 46.0 Å². The molecule has 0 unspecified atom stereocenters. The standard InChI is InChI=1S/C12H9NO2.C6H4Cl2O.Na.H/c14-11-5-1-9(2-6-11)13-10-3-7-12(15)8-4-10;7-4-2-1-3-5(8)6(4)9;;/h1-8,14H;1-3,9H;;/q;;+1;-1. The van der Waals surface area contributed by atoms with Gasteiger partial charge in [0.2, 0.25) is 0 Å². The molecule has 1 aliphatic carbocycles. The number of para-hydroxylation sites is 1. The monoisotopic (exact) mass is 385 g/mol. The number of aromatic hydroxyl groups is 2.